The first-order chi connectivity index (χ1) is 27.1. The summed E-state index contributed by atoms with van der Waals surface area (Å²) in [7, 11) is 0. The number of hydrogen-bond acceptors (Lipinski definition) is 6. The summed E-state index contributed by atoms with van der Waals surface area (Å²) in [5, 5.41) is 20.7. The van der Waals surface area contributed by atoms with E-state index in [1.54, 1.807) is 24.7 Å². The molecule has 2 heterocycles. The van der Waals surface area contributed by atoms with E-state index in [-0.39, 0.29) is 12.4 Å². The SMILES string of the molecule is Cl.O=C(O)C1=CCCN(CCOC=C(c2ccccc2Cl)c2ccccc2Cl)C1.O=C(O)C1=CCCN(CCOC=C(c2ccccc2Cl)c2ccccc2Cl)C1. The van der Waals surface area contributed by atoms with Crippen molar-refractivity contribution in [3.63, 3.8) is 0 Å². The van der Waals surface area contributed by atoms with Gasteiger partial charge in [-0.2, -0.15) is 0 Å². The molecule has 4 aromatic carbocycles. The van der Waals surface area contributed by atoms with E-state index in [9.17, 15) is 9.59 Å². The van der Waals surface area contributed by atoms with Crippen LogP contribution >= 0.6 is 58.8 Å². The van der Waals surface area contributed by atoms with Gasteiger partial charge in [0.25, 0.3) is 0 Å². The van der Waals surface area contributed by atoms with E-state index in [1.165, 1.54) is 0 Å². The van der Waals surface area contributed by atoms with Crippen LogP contribution in [0, 0.1) is 0 Å². The van der Waals surface area contributed by atoms with Crippen molar-refractivity contribution in [1.29, 1.82) is 0 Å². The molecule has 0 radical (unpaired) electrons. The number of ether oxygens (including phenoxy) is 2. The lowest BCUT2D eigenvalue weighted by Crippen LogP contribution is -2.34. The van der Waals surface area contributed by atoms with Gasteiger partial charge in [0.1, 0.15) is 13.2 Å². The third-order valence-electron chi connectivity index (χ3n) is 9.12. The standard InChI is InChI=1S/2C22H21Cl2NO3.ClH/c2*23-20-9-3-1-7-17(20)19(18-8-2-4-10-21(18)24)15-28-13-12-25-11-5-6-16(14-25)22(26)27;/h2*1-4,6-10,15H,5,11-14H2,(H,26,27);1H. The number of nitrogens with zero attached hydrogens (tertiary/aromatic N) is 2. The van der Waals surface area contributed by atoms with Gasteiger partial charge in [0, 0.05) is 104 Å². The molecule has 0 saturated carbocycles. The minimum Gasteiger partial charge on any atom is -0.499 e. The van der Waals surface area contributed by atoms with Gasteiger partial charge in [-0.25, -0.2) is 9.59 Å². The summed E-state index contributed by atoms with van der Waals surface area (Å²) in [4.78, 5) is 26.4. The van der Waals surface area contributed by atoms with E-state index >= 15 is 0 Å². The number of carboxylic acids is 2. The predicted molar refractivity (Wildman–Crippen MR) is 233 cm³/mol. The van der Waals surface area contributed by atoms with E-state index in [1.807, 2.05) is 97.1 Å². The van der Waals surface area contributed by atoms with Crippen molar-refractivity contribution in [2.75, 3.05) is 52.5 Å². The average molecular weight is 873 g/mol. The minimum absolute atomic E-state index is 0. The van der Waals surface area contributed by atoms with Crippen LogP contribution in [-0.4, -0.2) is 84.4 Å². The van der Waals surface area contributed by atoms with Crippen LogP contribution in [0.1, 0.15) is 35.1 Å². The Labute approximate surface area is 359 Å². The number of carboxylic acid groups (broad SMARTS) is 2. The summed E-state index contributed by atoms with van der Waals surface area (Å²) in [5.74, 6) is -1.71. The summed E-state index contributed by atoms with van der Waals surface area (Å²) in [6, 6.07) is 30.2. The molecule has 57 heavy (non-hydrogen) atoms. The molecule has 0 aliphatic carbocycles. The fourth-order valence-corrected chi connectivity index (χ4v) is 7.16. The van der Waals surface area contributed by atoms with E-state index in [0.717, 1.165) is 59.3 Å². The van der Waals surface area contributed by atoms with Crippen LogP contribution in [0.4, 0.5) is 0 Å². The Morgan fingerprint density at radius 3 is 1.12 bits per heavy atom. The Kier molecular flexibility index (Phi) is 18.5. The zero-order valence-corrected chi connectivity index (χ0v) is 34.8. The van der Waals surface area contributed by atoms with Gasteiger partial charge in [-0.1, -0.05) is 131 Å². The van der Waals surface area contributed by atoms with E-state index < -0.39 is 11.9 Å². The van der Waals surface area contributed by atoms with Crippen molar-refractivity contribution in [2.45, 2.75) is 12.8 Å². The maximum Gasteiger partial charge on any atom is 0.332 e. The van der Waals surface area contributed by atoms with Gasteiger partial charge in [-0.3, -0.25) is 9.80 Å². The van der Waals surface area contributed by atoms with E-state index in [4.69, 9.17) is 66.1 Å². The molecular formula is C44H43Cl5N2O6. The molecule has 0 bridgehead atoms. The highest BCUT2D eigenvalue weighted by Gasteiger charge is 2.19. The number of carbonyl (C=O) groups is 2. The smallest absolute Gasteiger partial charge is 0.332 e. The van der Waals surface area contributed by atoms with Crippen molar-refractivity contribution in [1.82, 2.24) is 9.80 Å². The third-order valence-corrected chi connectivity index (χ3v) is 10.4. The van der Waals surface area contributed by atoms with Crippen LogP contribution in [0.3, 0.4) is 0 Å². The molecule has 0 unspecified atom stereocenters. The summed E-state index contributed by atoms with van der Waals surface area (Å²) >= 11 is 25.6. The number of benzene rings is 4. The molecule has 0 spiro atoms. The van der Waals surface area contributed by atoms with Gasteiger partial charge >= 0.3 is 11.9 Å². The van der Waals surface area contributed by atoms with Crippen LogP contribution in [0.5, 0.6) is 0 Å². The summed E-state index contributed by atoms with van der Waals surface area (Å²) in [6.07, 6.45) is 8.41. The molecule has 13 heteroatoms. The lowest BCUT2D eigenvalue weighted by molar-refractivity contribution is -0.134. The average Bonchev–Trinajstić information content (AvgIpc) is 3.20. The first-order valence-corrected chi connectivity index (χ1v) is 19.6. The predicted octanol–water partition coefficient (Wildman–Crippen LogP) is 10.7. The quantitative estimate of drug-likeness (QED) is 0.0955. The topological polar surface area (TPSA) is 99.5 Å². The molecule has 8 nitrogen and oxygen atoms in total. The van der Waals surface area contributed by atoms with Crippen LogP contribution in [0.2, 0.25) is 20.1 Å². The summed E-state index contributed by atoms with van der Waals surface area (Å²) in [6.45, 7) is 4.67. The normalized spacial score (nSPS) is 14.0. The monoisotopic (exact) mass is 870 g/mol. The van der Waals surface area contributed by atoms with Crippen molar-refractivity contribution >= 4 is 81.9 Å². The summed E-state index contributed by atoms with van der Waals surface area (Å²) < 4.78 is 11.7. The molecule has 0 saturated heterocycles. The van der Waals surface area contributed by atoms with Gasteiger partial charge in [0.15, 0.2) is 0 Å². The van der Waals surface area contributed by atoms with Crippen molar-refractivity contribution in [3.05, 3.63) is 175 Å². The summed E-state index contributed by atoms with van der Waals surface area (Å²) in [5.41, 5.74) is 5.85. The molecule has 2 aliphatic heterocycles. The van der Waals surface area contributed by atoms with E-state index in [2.05, 4.69) is 9.80 Å². The largest absolute Gasteiger partial charge is 0.499 e. The second-order valence-corrected chi connectivity index (χ2v) is 14.6. The Hall–Kier alpha value is -4.25. The fraction of sp³-hybridized carbons (Fsp3) is 0.227. The van der Waals surface area contributed by atoms with Gasteiger partial charge in [0.2, 0.25) is 0 Å². The lowest BCUT2D eigenvalue weighted by Gasteiger charge is -2.25. The highest BCUT2D eigenvalue weighted by Crippen LogP contribution is 2.34. The molecule has 0 aromatic heterocycles. The van der Waals surface area contributed by atoms with Gasteiger partial charge in [-0.05, 0) is 37.1 Å². The third kappa shape index (κ3) is 13.4. The Morgan fingerprint density at radius 2 is 0.842 bits per heavy atom. The number of aliphatic carboxylic acids is 2. The highest BCUT2D eigenvalue weighted by atomic mass is 35.5. The number of hydrogen-bond donors (Lipinski definition) is 2. The van der Waals surface area contributed by atoms with Gasteiger partial charge < -0.3 is 19.7 Å². The lowest BCUT2D eigenvalue weighted by atomic mass is 9.99. The fourth-order valence-electron chi connectivity index (χ4n) is 6.21. The second-order valence-electron chi connectivity index (χ2n) is 12.9. The van der Waals surface area contributed by atoms with Crippen LogP contribution < -0.4 is 0 Å². The Balaban J connectivity index is 0.000000248. The Morgan fingerprint density at radius 1 is 0.544 bits per heavy atom. The van der Waals surface area contributed by atoms with Crippen molar-refractivity contribution in [3.8, 4) is 0 Å². The molecular weight excluding hydrogens is 830 g/mol. The minimum atomic E-state index is -0.856. The molecule has 2 aliphatic rings. The van der Waals surface area contributed by atoms with Crippen LogP contribution in [0.15, 0.2) is 133 Å². The van der Waals surface area contributed by atoms with Crippen LogP contribution in [0.25, 0.3) is 11.1 Å². The zero-order valence-electron chi connectivity index (χ0n) is 31.0. The molecule has 300 valence electrons. The van der Waals surface area contributed by atoms with Gasteiger partial charge in [-0.15, -0.1) is 12.4 Å². The number of halogens is 5. The van der Waals surface area contributed by atoms with E-state index in [0.29, 0.717) is 70.6 Å². The molecule has 2 N–H and O–H groups in total. The van der Waals surface area contributed by atoms with Crippen molar-refractivity contribution in [2.24, 2.45) is 0 Å². The molecule has 0 atom stereocenters. The second kappa shape index (κ2) is 23.2. The van der Waals surface area contributed by atoms with Crippen molar-refractivity contribution < 1.29 is 29.3 Å². The van der Waals surface area contributed by atoms with Gasteiger partial charge in [0.05, 0.1) is 12.5 Å². The molecule has 4 aromatic rings. The first kappa shape index (κ1) is 45.5. The molecule has 0 amide bonds. The number of rotatable bonds is 14. The molecule has 0 fully saturated rings. The molecule has 6 rings (SSSR count). The maximum atomic E-state index is 11.1. The highest BCUT2D eigenvalue weighted by molar-refractivity contribution is 6.35. The first-order valence-electron chi connectivity index (χ1n) is 18.0. The maximum absolute atomic E-state index is 11.1. The zero-order chi connectivity index (χ0) is 39.9. The Bertz CT molecular complexity index is 1870. The van der Waals surface area contributed by atoms with Crippen LogP contribution in [-0.2, 0) is 19.1 Å².